The van der Waals surface area contributed by atoms with E-state index in [1.54, 1.807) is 0 Å². The van der Waals surface area contributed by atoms with E-state index in [1.807, 2.05) is 0 Å². The van der Waals surface area contributed by atoms with Gasteiger partial charge in [0.05, 0.1) is 37.6 Å². The molecule has 0 aromatic rings. The van der Waals surface area contributed by atoms with Crippen LogP contribution in [0.3, 0.4) is 0 Å². The Labute approximate surface area is 250 Å². The van der Waals surface area contributed by atoms with Gasteiger partial charge in [-0.15, -0.1) is 0 Å². The number of hydrogen-bond acceptors (Lipinski definition) is 8. The maximum Gasteiger partial charge on any atom is 0.397 e. The van der Waals surface area contributed by atoms with Gasteiger partial charge in [-0.3, -0.25) is 4.55 Å². The summed E-state index contributed by atoms with van der Waals surface area (Å²) in [7, 11) is -4.65. The van der Waals surface area contributed by atoms with Crippen molar-refractivity contribution >= 4 is 40.0 Å². The molecule has 38 heavy (non-hydrogen) atoms. The molecule has 0 saturated heterocycles. The third-order valence-electron chi connectivity index (χ3n) is 11.6. The summed E-state index contributed by atoms with van der Waals surface area (Å²) in [5.41, 5.74) is -0.309. The monoisotopic (exact) mass is 571 g/mol. The van der Waals surface area contributed by atoms with E-state index >= 15 is 0 Å². The second kappa shape index (κ2) is 12.5. The average molecular weight is 572 g/mol. The molecule has 4 saturated carbocycles. The summed E-state index contributed by atoms with van der Waals surface area (Å²) in [6.45, 7) is 5.67. The molecule has 0 amide bonds. The van der Waals surface area contributed by atoms with E-state index in [0.29, 0.717) is 19.3 Å². The number of aliphatic hydroxyl groups is 5. The smallest absolute Gasteiger partial charge is 0.396 e. The van der Waals surface area contributed by atoms with Crippen LogP contribution in [-0.2, 0) is 14.6 Å². The number of aliphatic hydroxyl groups excluding tert-OH is 5. The largest absolute Gasteiger partial charge is 0.397 e. The van der Waals surface area contributed by atoms with Crippen LogP contribution in [0.2, 0.25) is 0 Å². The van der Waals surface area contributed by atoms with E-state index in [2.05, 4.69) is 25.0 Å². The molecule has 4 rings (SSSR count). The molecule has 4 fully saturated rings. The van der Waals surface area contributed by atoms with Crippen molar-refractivity contribution in [1.82, 2.24) is 0 Å². The molecule has 1 radical (unpaired) electrons. The second-order valence-electron chi connectivity index (χ2n) is 13.3. The van der Waals surface area contributed by atoms with Crippen molar-refractivity contribution in [3.8, 4) is 0 Å². The molecule has 13 atom stereocenters. The van der Waals surface area contributed by atoms with Gasteiger partial charge >= 0.3 is 10.4 Å². The van der Waals surface area contributed by atoms with E-state index < -0.39 is 47.8 Å². The Morgan fingerprint density at radius 3 is 2.32 bits per heavy atom. The van der Waals surface area contributed by atoms with Crippen molar-refractivity contribution in [3.63, 3.8) is 0 Å². The molecular formula is C27H48NaO9S. The molecule has 0 spiro atoms. The van der Waals surface area contributed by atoms with Crippen LogP contribution in [0.1, 0.15) is 78.6 Å². The van der Waals surface area contributed by atoms with Gasteiger partial charge in [0.1, 0.15) is 0 Å². The predicted octanol–water partition coefficient (Wildman–Crippen LogP) is 1.77. The second-order valence-corrected chi connectivity index (χ2v) is 14.4. The average Bonchev–Trinajstić information content (AvgIpc) is 3.17. The zero-order valence-corrected chi connectivity index (χ0v) is 26.3. The quantitative estimate of drug-likeness (QED) is 0.179. The number of fused-ring (bicyclic) bond motifs is 5. The van der Waals surface area contributed by atoms with Gasteiger partial charge in [0, 0.05) is 35.5 Å². The van der Waals surface area contributed by atoms with Gasteiger partial charge in [-0.1, -0.05) is 20.8 Å². The Kier molecular flexibility index (Phi) is 10.9. The van der Waals surface area contributed by atoms with Gasteiger partial charge in [-0.2, -0.15) is 8.42 Å². The Morgan fingerprint density at radius 1 is 1.00 bits per heavy atom. The molecule has 0 aromatic heterocycles. The molecule has 9 nitrogen and oxygen atoms in total. The zero-order valence-electron chi connectivity index (χ0n) is 23.4. The predicted molar refractivity (Wildman–Crippen MR) is 142 cm³/mol. The van der Waals surface area contributed by atoms with Crippen molar-refractivity contribution in [2.75, 3.05) is 13.2 Å². The Bertz CT molecular complexity index is 905. The number of rotatable bonds is 9. The third-order valence-corrected chi connectivity index (χ3v) is 12.1. The van der Waals surface area contributed by atoms with Crippen molar-refractivity contribution in [3.05, 3.63) is 0 Å². The molecule has 217 valence electrons. The minimum atomic E-state index is -4.65. The Hall–Kier alpha value is 0.670. The van der Waals surface area contributed by atoms with Gasteiger partial charge in [0.25, 0.3) is 0 Å². The minimum absolute atomic E-state index is 0. The van der Waals surface area contributed by atoms with Crippen molar-refractivity contribution < 1.29 is 42.7 Å². The molecular weight excluding hydrogens is 523 g/mol. The van der Waals surface area contributed by atoms with E-state index in [9.17, 15) is 34.0 Å². The molecule has 11 heteroatoms. The molecule has 0 bridgehead atoms. The summed E-state index contributed by atoms with van der Waals surface area (Å²) >= 11 is 0. The summed E-state index contributed by atoms with van der Waals surface area (Å²) in [5, 5.41) is 53.5. The van der Waals surface area contributed by atoms with Gasteiger partial charge in [-0.25, -0.2) is 4.18 Å². The number of hydrogen-bond donors (Lipinski definition) is 6. The van der Waals surface area contributed by atoms with E-state index in [1.165, 1.54) is 0 Å². The standard InChI is InChI=1S/C27H48O9S.Na/c1-15(4-7-22(30)16(13-28)14-36-37(33,34)35)19-5-6-20-25-21(12-24(32)27(19,20)3)26(2)9-8-18(29)10-17(26)11-23(25)31;/h15-25,28-32H,4-14H2,1-3H3,(H,33,34,35);/t15-,16+,17+,18-,19-,20+,21+,22-,23-,24+,25+,26+,27-;/m1./s1. The van der Waals surface area contributed by atoms with Gasteiger partial charge in [0.15, 0.2) is 0 Å². The maximum atomic E-state index is 11.7. The Balaban J connectivity index is 0.00000400. The molecule has 6 N–H and O–H groups in total. The van der Waals surface area contributed by atoms with E-state index in [-0.39, 0.29) is 82.0 Å². The first kappa shape index (κ1) is 33.2. The van der Waals surface area contributed by atoms with Gasteiger partial charge in [0.2, 0.25) is 0 Å². The van der Waals surface area contributed by atoms with Gasteiger partial charge < -0.3 is 25.5 Å². The summed E-state index contributed by atoms with van der Waals surface area (Å²) in [6, 6.07) is 0. The van der Waals surface area contributed by atoms with Crippen LogP contribution in [0, 0.1) is 52.3 Å². The first-order chi connectivity index (χ1) is 17.2. The van der Waals surface area contributed by atoms with E-state index in [0.717, 1.165) is 38.5 Å². The SMILES string of the molecule is C[C@H](CC[C@@H](O)[C@@H](CO)COS(=O)(=O)O)[C@H]1CC[C@H]2[C@@H]3[C@H](O)C[C@@H]4C[C@H](O)CC[C@]4(C)[C@H]3C[C@H](O)[C@]12C.[Na]. The van der Waals surface area contributed by atoms with Crippen LogP contribution in [0.15, 0.2) is 0 Å². The summed E-state index contributed by atoms with van der Waals surface area (Å²) in [6.07, 6.45) is 4.54. The Morgan fingerprint density at radius 2 is 1.68 bits per heavy atom. The van der Waals surface area contributed by atoms with Gasteiger partial charge in [-0.05, 0) is 104 Å². The fourth-order valence-electron chi connectivity index (χ4n) is 9.46. The molecule has 0 unspecified atom stereocenters. The van der Waals surface area contributed by atoms with Crippen molar-refractivity contribution in [2.45, 2.75) is 103 Å². The van der Waals surface area contributed by atoms with E-state index in [4.69, 9.17) is 4.55 Å². The van der Waals surface area contributed by atoms with Crippen LogP contribution >= 0.6 is 0 Å². The minimum Gasteiger partial charge on any atom is -0.396 e. The molecule has 0 aromatic carbocycles. The molecule has 4 aliphatic rings. The van der Waals surface area contributed by atoms with Crippen molar-refractivity contribution in [1.29, 1.82) is 0 Å². The first-order valence-corrected chi connectivity index (χ1v) is 15.5. The molecule has 0 heterocycles. The van der Waals surface area contributed by atoms with Crippen LogP contribution < -0.4 is 0 Å². The first-order valence-electron chi connectivity index (χ1n) is 14.2. The topological polar surface area (TPSA) is 165 Å². The fraction of sp³-hybridized carbons (Fsp3) is 1.00. The third kappa shape index (κ3) is 6.21. The van der Waals surface area contributed by atoms with Crippen LogP contribution in [0.4, 0.5) is 0 Å². The molecule has 4 aliphatic carbocycles. The zero-order chi connectivity index (χ0) is 27.3. The van der Waals surface area contributed by atoms with Crippen LogP contribution in [0.5, 0.6) is 0 Å². The van der Waals surface area contributed by atoms with Crippen molar-refractivity contribution in [2.24, 2.45) is 52.3 Å². The normalized spacial score (nSPS) is 45.2. The summed E-state index contributed by atoms with van der Waals surface area (Å²) in [5.74, 6) is 0.439. The summed E-state index contributed by atoms with van der Waals surface area (Å²) < 4.78 is 34.9. The fourth-order valence-corrected chi connectivity index (χ4v) is 9.81. The summed E-state index contributed by atoms with van der Waals surface area (Å²) in [4.78, 5) is 0. The molecule has 0 aliphatic heterocycles. The van der Waals surface area contributed by atoms with Crippen LogP contribution in [-0.4, -0.2) is 106 Å². The van der Waals surface area contributed by atoms with Crippen LogP contribution in [0.25, 0.3) is 0 Å². The maximum absolute atomic E-state index is 11.7.